The third-order valence-electron chi connectivity index (χ3n) is 5.39. The fraction of sp³-hybridized carbons (Fsp3) is 0.474. The maximum absolute atomic E-state index is 14.9. The molecule has 10 nitrogen and oxygen atoms in total. The number of carbonyl (C=O) groups excluding carboxylic acids is 2. The molecular weight excluding hydrogens is 414 g/mol. The quantitative estimate of drug-likeness (QED) is 0.766. The van der Waals surface area contributed by atoms with Crippen LogP contribution < -0.4 is 15.1 Å². The minimum absolute atomic E-state index is 0.0258. The van der Waals surface area contributed by atoms with Crippen molar-refractivity contribution in [2.45, 2.75) is 25.0 Å². The number of anilines is 2. The first-order valence-corrected chi connectivity index (χ1v) is 9.86. The van der Waals surface area contributed by atoms with Crippen LogP contribution in [0.2, 0.25) is 0 Å². The van der Waals surface area contributed by atoms with E-state index in [1.807, 2.05) is 0 Å². The zero-order valence-electron chi connectivity index (χ0n) is 16.8. The highest BCUT2D eigenvalue weighted by Crippen LogP contribution is 2.33. The van der Waals surface area contributed by atoms with Crippen molar-refractivity contribution in [1.29, 1.82) is 0 Å². The topological polar surface area (TPSA) is 102 Å². The van der Waals surface area contributed by atoms with Crippen LogP contribution in [0, 0.1) is 11.6 Å². The molecule has 2 aromatic rings. The standard InChI is InChI=1S/C19H22F2N6O4/c1-30-18(28)22-10-14-11-26(19(29)31-14)13-8-15(20)17(16(21)9-13)25-6-2-12(3-7-25)27-23-4-5-24-27/h4-5,8-9,12,14H,2-3,6-7,10-11H2,1H3,(H,22,28). The smallest absolute Gasteiger partial charge is 0.414 e. The Kier molecular flexibility index (Phi) is 5.87. The summed E-state index contributed by atoms with van der Waals surface area (Å²) in [5.41, 5.74) is -0.0629. The van der Waals surface area contributed by atoms with Crippen molar-refractivity contribution in [3.05, 3.63) is 36.2 Å². The van der Waals surface area contributed by atoms with Gasteiger partial charge >= 0.3 is 12.2 Å². The number of halogens is 2. The van der Waals surface area contributed by atoms with Gasteiger partial charge in [0.2, 0.25) is 0 Å². The Hall–Kier alpha value is -3.44. The van der Waals surface area contributed by atoms with Crippen molar-refractivity contribution in [2.24, 2.45) is 0 Å². The second kappa shape index (κ2) is 8.74. The number of alkyl carbamates (subject to hydrolysis) is 1. The molecule has 1 atom stereocenters. The van der Waals surface area contributed by atoms with E-state index >= 15 is 0 Å². The van der Waals surface area contributed by atoms with E-state index in [4.69, 9.17) is 4.74 Å². The number of cyclic esters (lactones) is 1. The van der Waals surface area contributed by atoms with Crippen molar-refractivity contribution in [1.82, 2.24) is 20.3 Å². The molecule has 0 bridgehead atoms. The average molecular weight is 436 g/mol. The number of rotatable bonds is 5. The molecule has 1 aromatic carbocycles. The molecule has 3 heterocycles. The van der Waals surface area contributed by atoms with Crippen LogP contribution in [0.5, 0.6) is 0 Å². The molecule has 1 aromatic heterocycles. The predicted molar refractivity (Wildman–Crippen MR) is 105 cm³/mol. The Bertz CT molecular complexity index is 926. The Morgan fingerprint density at radius 2 is 1.87 bits per heavy atom. The van der Waals surface area contributed by atoms with Gasteiger partial charge in [0.1, 0.15) is 11.8 Å². The Balaban J connectivity index is 1.43. The van der Waals surface area contributed by atoms with Crippen molar-refractivity contribution < 1.29 is 27.8 Å². The van der Waals surface area contributed by atoms with E-state index < -0.39 is 29.9 Å². The summed E-state index contributed by atoms with van der Waals surface area (Å²) in [4.78, 5) is 27.7. The number of piperidine rings is 1. The summed E-state index contributed by atoms with van der Waals surface area (Å²) in [6, 6.07) is 2.33. The number of ether oxygens (including phenoxy) is 2. The highest BCUT2D eigenvalue weighted by molar-refractivity contribution is 5.90. The van der Waals surface area contributed by atoms with Gasteiger partial charge in [0.25, 0.3) is 0 Å². The van der Waals surface area contributed by atoms with Gasteiger partial charge < -0.3 is 19.7 Å². The second-order valence-electron chi connectivity index (χ2n) is 7.31. The van der Waals surface area contributed by atoms with Gasteiger partial charge in [-0.3, -0.25) is 4.90 Å². The fourth-order valence-corrected chi connectivity index (χ4v) is 3.85. The van der Waals surface area contributed by atoms with Gasteiger partial charge in [0.05, 0.1) is 44.3 Å². The normalized spacial score (nSPS) is 19.5. The number of nitrogens with one attached hydrogen (secondary N) is 1. The lowest BCUT2D eigenvalue weighted by atomic mass is 10.0. The minimum Gasteiger partial charge on any atom is -0.453 e. The summed E-state index contributed by atoms with van der Waals surface area (Å²) >= 11 is 0. The molecule has 12 heteroatoms. The van der Waals surface area contributed by atoms with Crippen molar-refractivity contribution >= 4 is 23.6 Å². The summed E-state index contributed by atoms with van der Waals surface area (Å²) in [6.45, 7) is 0.972. The average Bonchev–Trinajstić information content (AvgIpc) is 3.42. The number of methoxy groups -OCH3 is 1. The van der Waals surface area contributed by atoms with Gasteiger partial charge in [0, 0.05) is 25.2 Å². The van der Waals surface area contributed by atoms with E-state index in [0.29, 0.717) is 25.9 Å². The van der Waals surface area contributed by atoms with E-state index in [0.717, 1.165) is 17.0 Å². The van der Waals surface area contributed by atoms with Crippen molar-refractivity contribution in [3.63, 3.8) is 0 Å². The van der Waals surface area contributed by atoms with Crippen LogP contribution in [0.4, 0.5) is 29.7 Å². The first kappa shape index (κ1) is 20.8. The van der Waals surface area contributed by atoms with Gasteiger partial charge in [-0.15, -0.1) is 0 Å². The molecule has 2 amide bonds. The van der Waals surface area contributed by atoms with Gasteiger partial charge in [-0.25, -0.2) is 18.4 Å². The predicted octanol–water partition coefficient (Wildman–Crippen LogP) is 2.08. The van der Waals surface area contributed by atoms with Gasteiger partial charge in [0.15, 0.2) is 11.6 Å². The molecule has 2 aliphatic heterocycles. The molecule has 31 heavy (non-hydrogen) atoms. The van der Waals surface area contributed by atoms with E-state index in [1.165, 1.54) is 7.11 Å². The minimum atomic E-state index is -0.755. The number of hydrogen-bond acceptors (Lipinski definition) is 7. The monoisotopic (exact) mass is 436 g/mol. The fourth-order valence-electron chi connectivity index (χ4n) is 3.85. The van der Waals surface area contributed by atoms with E-state index in [-0.39, 0.29) is 30.5 Å². The number of hydrogen-bond donors (Lipinski definition) is 1. The second-order valence-corrected chi connectivity index (χ2v) is 7.31. The third kappa shape index (κ3) is 4.37. The van der Waals surface area contributed by atoms with Crippen LogP contribution in [-0.4, -0.2) is 66.6 Å². The number of carbonyl (C=O) groups is 2. The van der Waals surface area contributed by atoms with Crippen LogP contribution in [0.25, 0.3) is 0 Å². The number of aromatic nitrogens is 3. The first-order chi connectivity index (χ1) is 15.0. The highest BCUT2D eigenvalue weighted by atomic mass is 19.1. The van der Waals surface area contributed by atoms with E-state index in [2.05, 4.69) is 20.3 Å². The van der Waals surface area contributed by atoms with Gasteiger partial charge in [-0.2, -0.15) is 15.0 Å². The van der Waals surface area contributed by atoms with Crippen LogP contribution in [0.15, 0.2) is 24.5 Å². The number of amides is 2. The highest BCUT2D eigenvalue weighted by Gasteiger charge is 2.34. The van der Waals surface area contributed by atoms with Crippen molar-refractivity contribution in [2.75, 3.05) is 43.1 Å². The molecule has 166 valence electrons. The molecule has 4 rings (SSSR count). The van der Waals surface area contributed by atoms with E-state index in [1.54, 1.807) is 22.1 Å². The molecule has 0 saturated carbocycles. The molecule has 2 saturated heterocycles. The lowest BCUT2D eigenvalue weighted by molar-refractivity contribution is 0.132. The lowest BCUT2D eigenvalue weighted by Crippen LogP contribution is -2.36. The van der Waals surface area contributed by atoms with Gasteiger partial charge in [-0.05, 0) is 12.8 Å². The molecule has 2 aliphatic rings. The lowest BCUT2D eigenvalue weighted by Gasteiger charge is -2.33. The zero-order chi connectivity index (χ0) is 22.0. The largest absolute Gasteiger partial charge is 0.453 e. The summed E-state index contributed by atoms with van der Waals surface area (Å²) in [5.74, 6) is -1.51. The summed E-state index contributed by atoms with van der Waals surface area (Å²) < 4.78 is 39.4. The summed E-state index contributed by atoms with van der Waals surface area (Å²) in [5, 5.41) is 10.7. The first-order valence-electron chi connectivity index (χ1n) is 9.86. The molecule has 0 radical (unpaired) electrons. The number of benzene rings is 1. The maximum Gasteiger partial charge on any atom is 0.414 e. The van der Waals surface area contributed by atoms with Crippen LogP contribution in [0.3, 0.4) is 0 Å². The SMILES string of the molecule is COC(=O)NCC1CN(c2cc(F)c(N3CCC(n4nccn4)CC3)c(F)c2)C(=O)O1. The van der Waals surface area contributed by atoms with Crippen LogP contribution >= 0.6 is 0 Å². The van der Waals surface area contributed by atoms with Crippen LogP contribution in [-0.2, 0) is 9.47 Å². The molecule has 0 spiro atoms. The molecule has 0 aliphatic carbocycles. The molecular formula is C19H22F2N6O4. The van der Waals surface area contributed by atoms with Crippen LogP contribution in [0.1, 0.15) is 18.9 Å². The Labute approximate surface area is 176 Å². The van der Waals surface area contributed by atoms with E-state index in [9.17, 15) is 18.4 Å². The molecule has 1 unspecified atom stereocenters. The summed E-state index contributed by atoms with van der Waals surface area (Å²) in [7, 11) is 1.21. The Morgan fingerprint density at radius 3 is 2.48 bits per heavy atom. The Morgan fingerprint density at radius 1 is 1.23 bits per heavy atom. The zero-order valence-corrected chi connectivity index (χ0v) is 16.8. The third-order valence-corrected chi connectivity index (χ3v) is 5.39. The number of nitrogens with zero attached hydrogens (tertiary/aromatic N) is 5. The maximum atomic E-state index is 14.9. The molecule has 2 fully saturated rings. The van der Waals surface area contributed by atoms with Crippen molar-refractivity contribution in [3.8, 4) is 0 Å². The summed E-state index contributed by atoms with van der Waals surface area (Å²) in [6.07, 6.45) is 2.45. The van der Waals surface area contributed by atoms with Gasteiger partial charge in [-0.1, -0.05) is 0 Å². The molecule has 1 N–H and O–H groups in total.